The van der Waals surface area contributed by atoms with E-state index in [1.807, 2.05) is 30.9 Å². The minimum absolute atomic E-state index is 0.0191. The Morgan fingerprint density at radius 1 is 1.20 bits per heavy atom. The van der Waals surface area contributed by atoms with E-state index in [9.17, 15) is 9.59 Å². The molecule has 0 bridgehead atoms. The number of nitrogens with one attached hydrogen (secondary N) is 3. The first-order valence-electron chi connectivity index (χ1n) is 9.04. The van der Waals surface area contributed by atoms with Gasteiger partial charge in [0, 0.05) is 43.5 Å². The molecule has 2 unspecified atom stereocenters. The second-order valence-corrected chi connectivity index (χ2v) is 7.17. The van der Waals surface area contributed by atoms with Gasteiger partial charge in [-0.25, -0.2) is 10.9 Å². The smallest absolute Gasteiger partial charge is 0.241 e. The van der Waals surface area contributed by atoms with Crippen LogP contribution in [0.4, 0.5) is 0 Å². The number of piperidine rings is 1. The average molecular weight is 345 g/mol. The van der Waals surface area contributed by atoms with Crippen LogP contribution in [-0.4, -0.2) is 46.9 Å². The van der Waals surface area contributed by atoms with Crippen molar-refractivity contribution in [2.24, 2.45) is 5.92 Å². The van der Waals surface area contributed by atoms with Gasteiger partial charge in [-0.15, -0.1) is 0 Å². The summed E-state index contributed by atoms with van der Waals surface area (Å²) in [5, 5.41) is 2.97. The lowest BCUT2D eigenvalue weighted by molar-refractivity contribution is -0.137. The molecule has 0 spiro atoms. The monoisotopic (exact) mass is 345 g/mol. The molecule has 0 saturated carbocycles. The van der Waals surface area contributed by atoms with Crippen molar-refractivity contribution >= 4 is 11.8 Å². The number of hydrogen-bond donors (Lipinski definition) is 3. The fraction of sp³-hybridized carbons (Fsp3) is 0.611. The van der Waals surface area contributed by atoms with E-state index < -0.39 is 0 Å². The molecule has 1 aromatic rings. The average Bonchev–Trinajstić information content (AvgIpc) is 3.11. The second kappa shape index (κ2) is 7.93. The summed E-state index contributed by atoms with van der Waals surface area (Å²) >= 11 is 0. The molecule has 2 aliphatic rings. The maximum Gasteiger partial charge on any atom is 0.241 e. The molecule has 7 nitrogen and oxygen atoms in total. The molecule has 2 aliphatic heterocycles. The molecule has 1 aromatic heterocycles. The van der Waals surface area contributed by atoms with E-state index in [-0.39, 0.29) is 35.9 Å². The number of hydrazine groups is 1. The van der Waals surface area contributed by atoms with E-state index in [1.165, 1.54) is 0 Å². The minimum Gasteiger partial charge on any atom is -0.354 e. The molecule has 2 fully saturated rings. The van der Waals surface area contributed by atoms with Crippen LogP contribution in [0, 0.1) is 5.92 Å². The van der Waals surface area contributed by atoms with E-state index in [4.69, 9.17) is 0 Å². The van der Waals surface area contributed by atoms with Crippen molar-refractivity contribution in [3.8, 4) is 0 Å². The number of nitrogens with zero attached hydrogens (tertiary/aromatic N) is 2. The quantitative estimate of drug-likeness (QED) is 0.750. The Kier molecular flexibility index (Phi) is 5.65. The molecular weight excluding hydrogens is 318 g/mol. The summed E-state index contributed by atoms with van der Waals surface area (Å²) < 4.78 is 0. The van der Waals surface area contributed by atoms with E-state index in [0.717, 1.165) is 24.8 Å². The number of carbonyl (C=O) groups excluding carboxylic acids is 2. The Hall–Kier alpha value is -1.99. The van der Waals surface area contributed by atoms with Gasteiger partial charge in [-0.05, 0) is 50.8 Å². The highest BCUT2D eigenvalue weighted by Gasteiger charge is 2.35. The van der Waals surface area contributed by atoms with E-state index in [1.54, 1.807) is 12.4 Å². The number of hydrogen-bond acceptors (Lipinski definition) is 5. The summed E-state index contributed by atoms with van der Waals surface area (Å²) in [6.07, 6.45) is 5.71. The first-order valence-corrected chi connectivity index (χ1v) is 9.04. The Morgan fingerprint density at radius 3 is 2.52 bits per heavy atom. The molecule has 136 valence electrons. The van der Waals surface area contributed by atoms with Gasteiger partial charge < -0.3 is 10.2 Å². The summed E-state index contributed by atoms with van der Waals surface area (Å²) in [4.78, 5) is 30.8. The molecule has 2 amide bonds. The zero-order chi connectivity index (χ0) is 17.8. The van der Waals surface area contributed by atoms with Gasteiger partial charge in [0.05, 0.1) is 0 Å². The van der Waals surface area contributed by atoms with Gasteiger partial charge in [-0.3, -0.25) is 14.6 Å². The van der Waals surface area contributed by atoms with Crippen LogP contribution < -0.4 is 16.2 Å². The van der Waals surface area contributed by atoms with Gasteiger partial charge in [0.1, 0.15) is 6.04 Å². The topological polar surface area (TPSA) is 86.4 Å². The summed E-state index contributed by atoms with van der Waals surface area (Å²) in [6.45, 7) is 5.23. The van der Waals surface area contributed by atoms with Gasteiger partial charge in [0.25, 0.3) is 0 Å². The van der Waals surface area contributed by atoms with Crippen molar-refractivity contribution in [1.82, 2.24) is 26.1 Å². The second-order valence-electron chi connectivity index (χ2n) is 7.17. The van der Waals surface area contributed by atoms with Crippen molar-refractivity contribution in [1.29, 1.82) is 0 Å². The fourth-order valence-corrected chi connectivity index (χ4v) is 3.52. The molecule has 3 rings (SSSR count). The predicted octanol–water partition coefficient (Wildman–Crippen LogP) is 0.752. The highest BCUT2D eigenvalue weighted by atomic mass is 16.2. The standard InChI is InChI=1S/C18H27N5O2/c1-12(2)20-17(24)14-5-9-23(10-6-14)18(25)16-11-15(21-22-16)13-3-7-19-8-4-13/h3-4,7-8,12,14-16,21-22H,5-6,9-11H2,1-2H3,(H,20,24). The van der Waals surface area contributed by atoms with Crippen molar-refractivity contribution in [2.45, 2.75) is 51.2 Å². The highest BCUT2D eigenvalue weighted by molar-refractivity contribution is 5.83. The van der Waals surface area contributed by atoms with Crippen molar-refractivity contribution < 1.29 is 9.59 Å². The maximum atomic E-state index is 12.7. The summed E-state index contributed by atoms with van der Waals surface area (Å²) in [5.41, 5.74) is 7.45. The molecule has 2 saturated heterocycles. The molecular formula is C18H27N5O2. The largest absolute Gasteiger partial charge is 0.354 e. The molecule has 25 heavy (non-hydrogen) atoms. The zero-order valence-corrected chi connectivity index (χ0v) is 14.9. The molecule has 2 atom stereocenters. The lowest BCUT2D eigenvalue weighted by Gasteiger charge is -2.33. The van der Waals surface area contributed by atoms with Crippen LogP contribution in [0.15, 0.2) is 24.5 Å². The number of rotatable bonds is 4. The first-order chi connectivity index (χ1) is 12.0. The molecule has 3 N–H and O–H groups in total. The SMILES string of the molecule is CC(C)NC(=O)C1CCN(C(=O)C2CC(c3ccncc3)NN2)CC1. The van der Waals surface area contributed by atoms with Crippen molar-refractivity contribution in [2.75, 3.05) is 13.1 Å². The minimum atomic E-state index is -0.223. The number of amides is 2. The Balaban J connectivity index is 1.49. The van der Waals surface area contributed by atoms with Gasteiger partial charge in [0.15, 0.2) is 0 Å². The van der Waals surface area contributed by atoms with Crippen LogP contribution in [0.25, 0.3) is 0 Å². The third kappa shape index (κ3) is 4.35. The van der Waals surface area contributed by atoms with Gasteiger partial charge in [-0.1, -0.05) is 0 Å². The zero-order valence-electron chi connectivity index (χ0n) is 14.9. The molecule has 0 aromatic carbocycles. The van der Waals surface area contributed by atoms with Crippen molar-refractivity contribution in [3.63, 3.8) is 0 Å². The lowest BCUT2D eigenvalue weighted by Crippen LogP contribution is -2.50. The number of aromatic nitrogens is 1. The normalized spacial score (nSPS) is 24.5. The summed E-state index contributed by atoms with van der Waals surface area (Å²) in [7, 11) is 0. The van der Waals surface area contributed by atoms with Crippen molar-refractivity contribution in [3.05, 3.63) is 30.1 Å². The molecule has 0 aliphatic carbocycles. The van der Waals surface area contributed by atoms with Crippen LogP contribution in [0.5, 0.6) is 0 Å². The van der Waals surface area contributed by atoms with E-state index >= 15 is 0 Å². The van der Waals surface area contributed by atoms with Crippen LogP contribution in [0.1, 0.15) is 44.7 Å². The summed E-state index contributed by atoms with van der Waals surface area (Å²) in [6, 6.07) is 3.98. The van der Waals surface area contributed by atoms with Crippen LogP contribution in [0.3, 0.4) is 0 Å². The van der Waals surface area contributed by atoms with Gasteiger partial charge in [-0.2, -0.15) is 0 Å². The Bertz CT molecular complexity index is 599. The first kappa shape index (κ1) is 17.8. The molecule has 7 heteroatoms. The lowest BCUT2D eigenvalue weighted by atomic mass is 9.94. The van der Waals surface area contributed by atoms with Gasteiger partial charge in [0.2, 0.25) is 11.8 Å². The number of pyridine rings is 1. The number of carbonyl (C=O) groups is 2. The van der Waals surface area contributed by atoms with E-state index in [0.29, 0.717) is 13.1 Å². The Labute approximate surface area is 148 Å². The summed E-state index contributed by atoms with van der Waals surface area (Å²) in [5.74, 6) is 0.248. The Morgan fingerprint density at radius 2 is 1.88 bits per heavy atom. The molecule has 3 heterocycles. The fourth-order valence-electron chi connectivity index (χ4n) is 3.52. The van der Waals surface area contributed by atoms with E-state index in [2.05, 4.69) is 21.2 Å². The van der Waals surface area contributed by atoms with Crippen LogP contribution >= 0.6 is 0 Å². The predicted molar refractivity (Wildman–Crippen MR) is 94.2 cm³/mol. The van der Waals surface area contributed by atoms with Crippen LogP contribution in [-0.2, 0) is 9.59 Å². The van der Waals surface area contributed by atoms with Crippen LogP contribution in [0.2, 0.25) is 0 Å². The molecule has 0 radical (unpaired) electrons. The third-order valence-electron chi connectivity index (χ3n) is 4.92. The van der Waals surface area contributed by atoms with Gasteiger partial charge >= 0.3 is 0 Å². The third-order valence-corrected chi connectivity index (χ3v) is 4.92. The maximum absolute atomic E-state index is 12.7. The highest BCUT2D eigenvalue weighted by Crippen LogP contribution is 2.24. The number of likely N-dealkylation sites (tertiary alicyclic amines) is 1.